The molecule has 0 bridgehead atoms. The van der Waals surface area contributed by atoms with E-state index in [2.05, 4.69) is 16.8 Å². The maximum Gasteiger partial charge on any atom is 0.253 e. The highest BCUT2D eigenvalue weighted by atomic mass is 32.2. The number of rotatable bonds is 3. The Kier molecular flexibility index (Phi) is 3.91. The van der Waals surface area contributed by atoms with Crippen molar-refractivity contribution in [3.05, 3.63) is 52.6 Å². The summed E-state index contributed by atoms with van der Waals surface area (Å²) in [5.74, 6) is 0.574. The molecule has 1 aliphatic carbocycles. The first-order valence-electron chi connectivity index (χ1n) is 8.46. The fourth-order valence-electron chi connectivity index (χ4n) is 3.67. The zero-order chi connectivity index (χ0) is 16.8. The molecule has 1 N–H and O–H groups in total. The number of hydrogen-bond donors (Lipinski definition) is 1. The third-order valence-corrected chi connectivity index (χ3v) is 6.13. The molecule has 0 radical (unpaired) electrons. The summed E-state index contributed by atoms with van der Waals surface area (Å²) in [5.41, 5.74) is 3.83. The lowest BCUT2D eigenvalue weighted by molar-refractivity contribution is 0.0934. The second kappa shape index (κ2) is 5.96. The molecule has 1 fully saturated rings. The van der Waals surface area contributed by atoms with Crippen LogP contribution in [0, 0.1) is 19.7 Å². The highest BCUT2D eigenvalue weighted by Crippen LogP contribution is 2.39. The van der Waals surface area contributed by atoms with Crippen molar-refractivity contribution in [3.63, 3.8) is 0 Å². The first kappa shape index (κ1) is 15.8. The van der Waals surface area contributed by atoms with Crippen molar-refractivity contribution in [1.29, 1.82) is 0 Å². The first-order chi connectivity index (χ1) is 11.6. The number of carbonyl (C=O) groups excluding carboxylic acids is 1. The highest BCUT2D eigenvalue weighted by Gasteiger charge is 2.30. The maximum atomic E-state index is 14.0. The monoisotopic (exact) mass is 344 g/mol. The molecule has 1 aromatic carbocycles. The molecular formula is C19H21FN2OS. The zero-order valence-electron chi connectivity index (χ0n) is 13.9. The summed E-state index contributed by atoms with van der Waals surface area (Å²) in [4.78, 5) is 13.5. The van der Waals surface area contributed by atoms with E-state index in [0.717, 1.165) is 34.7 Å². The Balaban J connectivity index is 1.60. The Hall–Kier alpha value is -1.75. The van der Waals surface area contributed by atoms with Gasteiger partial charge in [0.1, 0.15) is 5.82 Å². The Morgan fingerprint density at radius 3 is 2.83 bits per heavy atom. The van der Waals surface area contributed by atoms with Crippen LogP contribution in [0.2, 0.25) is 0 Å². The predicted octanol–water partition coefficient (Wildman–Crippen LogP) is 4.55. The number of aromatic nitrogens is 1. The van der Waals surface area contributed by atoms with Gasteiger partial charge in [0.25, 0.3) is 5.91 Å². The fourth-order valence-corrected chi connectivity index (χ4v) is 4.81. The third-order valence-electron chi connectivity index (χ3n) is 4.97. The second-order valence-corrected chi connectivity index (χ2v) is 7.81. The van der Waals surface area contributed by atoms with Crippen LogP contribution in [0.3, 0.4) is 0 Å². The molecule has 1 aromatic heterocycles. The molecule has 1 aliphatic heterocycles. The van der Waals surface area contributed by atoms with E-state index >= 15 is 0 Å². The van der Waals surface area contributed by atoms with E-state index in [1.807, 2.05) is 19.1 Å². The quantitative estimate of drug-likeness (QED) is 0.886. The van der Waals surface area contributed by atoms with Crippen LogP contribution >= 0.6 is 11.8 Å². The van der Waals surface area contributed by atoms with E-state index in [1.54, 1.807) is 6.07 Å². The molecule has 126 valence electrons. The number of thioether (sulfide) groups is 1. The predicted molar refractivity (Wildman–Crippen MR) is 94.1 cm³/mol. The number of halogens is 1. The van der Waals surface area contributed by atoms with Crippen LogP contribution < -0.4 is 5.32 Å². The number of aryl methyl sites for hydroxylation is 1. The summed E-state index contributed by atoms with van der Waals surface area (Å²) in [6, 6.07) is 7.55. The van der Waals surface area contributed by atoms with Crippen molar-refractivity contribution in [1.82, 2.24) is 9.88 Å². The van der Waals surface area contributed by atoms with Crippen molar-refractivity contribution >= 4 is 17.7 Å². The normalized spacial score (nSPS) is 19.9. The minimum Gasteiger partial charge on any atom is -0.345 e. The molecular weight excluding hydrogens is 323 g/mol. The van der Waals surface area contributed by atoms with Gasteiger partial charge in [0.15, 0.2) is 0 Å². The van der Waals surface area contributed by atoms with E-state index in [1.165, 1.54) is 30.7 Å². The minimum atomic E-state index is -0.191. The number of benzene rings is 1. The Morgan fingerprint density at radius 1 is 1.29 bits per heavy atom. The van der Waals surface area contributed by atoms with E-state index in [0.29, 0.717) is 10.9 Å². The Labute approximate surface area is 145 Å². The molecule has 4 rings (SSSR count). The highest BCUT2D eigenvalue weighted by molar-refractivity contribution is 7.99. The lowest BCUT2D eigenvalue weighted by atomic mass is 10.0. The van der Waals surface area contributed by atoms with Crippen LogP contribution in [0.5, 0.6) is 0 Å². The summed E-state index contributed by atoms with van der Waals surface area (Å²) in [5, 5.41) is 3.13. The van der Waals surface area contributed by atoms with E-state index in [9.17, 15) is 9.18 Å². The molecule has 0 saturated heterocycles. The maximum absolute atomic E-state index is 14.0. The fraction of sp³-hybridized carbons (Fsp3) is 0.421. The second-order valence-electron chi connectivity index (χ2n) is 6.71. The average Bonchev–Trinajstić information content (AvgIpc) is 3.34. The van der Waals surface area contributed by atoms with Gasteiger partial charge in [-0.1, -0.05) is 12.1 Å². The van der Waals surface area contributed by atoms with Gasteiger partial charge < -0.3 is 9.88 Å². The SMILES string of the molecule is Cc1cc(C(=O)N[C@@H]2CCSc3c(F)cccc32)c(C)n1C1CC1. The van der Waals surface area contributed by atoms with Crippen molar-refractivity contribution < 1.29 is 9.18 Å². The van der Waals surface area contributed by atoms with Gasteiger partial charge in [0.2, 0.25) is 0 Å². The Bertz CT molecular complexity index is 810. The standard InChI is InChI=1S/C19H21FN2OS/c1-11-10-15(12(2)22(11)13-6-7-13)19(23)21-17-8-9-24-18-14(17)4-3-5-16(18)20/h3-5,10,13,17H,6-9H2,1-2H3,(H,21,23)/t17-/m1/s1. The van der Waals surface area contributed by atoms with Crippen molar-refractivity contribution in [3.8, 4) is 0 Å². The molecule has 1 amide bonds. The van der Waals surface area contributed by atoms with E-state index in [-0.39, 0.29) is 17.8 Å². The number of amides is 1. The van der Waals surface area contributed by atoms with Crippen LogP contribution in [-0.2, 0) is 0 Å². The van der Waals surface area contributed by atoms with Crippen molar-refractivity contribution in [2.24, 2.45) is 0 Å². The van der Waals surface area contributed by atoms with Crippen LogP contribution in [-0.4, -0.2) is 16.2 Å². The van der Waals surface area contributed by atoms with Gasteiger partial charge in [0, 0.05) is 28.1 Å². The van der Waals surface area contributed by atoms with Crippen molar-refractivity contribution in [2.45, 2.75) is 50.1 Å². The van der Waals surface area contributed by atoms with Gasteiger partial charge in [-0.15, -0.1) is 11.8 Å². The first-order valence-corrected chi connectivity index (χ1v) is 9.45. The van der Waals surface area contributed by atoms with Gasteiger partial charge in [-0.2, -0.15) is 0 Å². The van der Waals surface area contributed by atoms with Gasteiger partial charge >= 0.3 is 0 Å². The average molecular weight is 344 g/mol. The molecule has 2 aromatic rings. The Morgan fingerprint density at radius 2 is 2.08 bits per heavy atom. The topological polar surface area (TPSA) is 34.0 Å². The number of nitrogens with one attached hydrogen (secondary N) is 1. The smallest absolute Gasteiger partial charge is 0.253 e. The lowest BCUT2D eigenvalue weighted by Crippen LogP contribution is -2.31. The van der Waals surface area contributed by atoms with Gasteiger partial charge in [-0.3, -0.25) is 4.79 Å². The number of fused-ring (bicyclic) bond motifs is 1. The summed E-state index contributed by atoms with van der Waals surface area (Å²) in [7, 11) is 0. The molecule has 0 unspecified atom stereocenters. The molecule has 24 heavy (non-hydrogen) atoms. The number of nitrogens with zero attached hydrogens (tertiary/aromatic N) is 1. The van der Waals surface area contributed by atoms with Gasteiger partial charge in [0.05, 0.1) is 11.6 Å². The summed E-state index contributed by atoms with van der Waals surface area (Å²) >= 11 is 1.53. The molecule has 1 saturated carbocycles. The molecule has 3 nitrogen and oxygen atoms in total. The molecule has 1 atom stereocenters. The molecule has 0 spiro atoms. The number of hydrogen-bond acceptors (Lipinski definition) is 2. The van der Waals surface area contributed by atoms with Gasteiger partial charge in [-0.05, 0) is 50.8 Å². The van der Waals surface area contributed by atoms with Crippen LogP contribution in [0.15, 0.2) is 29.2 Å². The summed E-state index contributed by atoms with van der Waals surface area (Å²) in [6.07, 6.45) is 3.22. The number of carbonyl (C=O) groups is 1. The van der Waals surface area contributed by atoms with Crippen LogP contribution in [0.25, 0.3) is 0 Å². The molecule has 2 aliphatic rings. The molecule has 5 heteroatoms. The van der Waals surface area contributed by atoms with Crippen LogP contribution in [0.4, 0.5) is 4.39 Å². The molecule has 2 heterocycles. The zero-order valence-corrected chi connectivity index (χ0v) is 14.8. The third kappa shape index (κ3) is 2.65. The van der Waals surface area contributed by atoms with E-state index < -0.39 is 0 Å². The van der Waals surface area contributed by atoms with E-state index in [4.69, 9.17) is 0 Å². The minimum absolute atomic E-state index is 0.0536. The summed E-state index contributed by atoms with van der Waals surface area (Å²) in [6.45, 7) is 4.08. The lowest BCUT2D eigenvalue weighted by Gasteiger charge is -2.26. The largest absolute Gasteiger partial charge is 0.345 e. The van der Waals surface area contributed by atoms with Gasteiger partial charge in [-0.25, -0.2) is 4.39 Å². The van der Waals surface area contributed by atoms with Crippen LogP contribution in [0.1, 0.15) is 58.7 Å². The van der Waals surface area contributed by atoms with Crippen molar-refractivity contribution in [2.75, 3.05) is 5.75 Å². The summed E-state index contributed by atoms with van der Waals surface area (Å²) < 4.78 is 16.3.